The van der Waals surface area contributed by atoms with E-state index in [9.17, 15) is 4.79 Å². The van der Waals surface area contributed by atoms with Crippen molar-refractivity contribution < 1.29 is 4.79 Å². The predicted octanol–water partition coefficient (Wildman–Crippen LogP) is 4.35. The minimum absolute atomic E-state index is 0.0209. The van der Waals surface area contributed by atoms with Crippen LogP contribution in [0.25, 0.3) is 0 Å². The second-order valence-electron chi connectivity index (χ2n) is 4.63. The number of likely N-dealkylation sites (tertiary alicyclic amines) is 1. The molecule has 0 N–H and O–H groups in total. The molecular formula is C13H14Br2ClNO. The number of hydrogen-bond donors (Lipinski definition) is 0. The van der Waals surface area contributed by atoms with Crippen LogP contribution in [-0.2, 0) is 0 Å². The fraction of sp³-hybridized carbons (Fsp3) is 0.462. The largest absolute Gasteiger partial charge is 0.338 e. The molecule has 5 heteroatoms. The van der Waals surface area contributed by atoms with Gasteiger partial charge in [0.1, 0.15) is 0 Å². The van der Waals surface area contributed by atoms with Gasteiger partial charge in [-0.3, -0.25) is 4.79 Å². The summed E-state index contributed by atoms with van der Waals surface area (Å²) in [7, 11) is 0. The summed E-state index contributed by atoms with van der Waals surface area (Å²) in [6, 6.07) is 5.45. The smallest absolute Gasteiger partial charge is 0.255 e. The van der Waals surface area contributed by atoms with E-state index < -0.39 is 0 Å². The van der Waals surface area contributed by atoms with Crippen LogP contribution in [0.1, 0.15) is 23.7 Å². The van der Waals surface area contributed by atoms with Gasteiger partial charge >= 0.3 is 0 Å². The molecule has 2 rings (SSSR count). The Labute approximate surface area is 129 Å². The average molecular weight is 396 g/mol. The normalized spacial score (nSPS) is 24.1. The van der Waals surface area contributed by atoms with E-state index in [0.717, 1.165) is 24.0 Å². The molecule has 0 bridgehead atoms. The van der Waals surface area contributed by atoms with Gasteiger partial charge in [0.2, 0.25) is 0 Å². The SMILES string of the molecule is CC1CN(C(=O)c2cccc(Br)c2Cl)CCC1Br. The minimum atomic E-state index is 0.0209. The summed E-state index contributed by atoms with van der Waals surface area (Å²) in [5.41, 5.74) is 0.575. The van der Waals surface area contributed by atoms with Crippen molar-refractivity contribution in [1.82, 2.24) is 4.90 Å². The first-order valence-electron chi connectivity index (χ1n) is 5.88. The molecule has 2 atom stereocenters. The van der Waals surface area contributed by atoms with E-state index in [1.807, 2.05) is 17.0 Å². The third kappa shape index (κ3) is 2.91. The Morgan fingerprint density at radius 2 is 2.22 bits per heavy atom. The number of benzene rings is 1. The lowest BCUT2D eigenvalue weighted by Gasteiger charge is -2.34. The molecule has 0 saturated carbocycles. The van der Waals surface area contributed by atoms with Crippen LogP contribution < -0.4 is 0 Å². The molecule has 0 spiro atoms. The Hall–Kier alpha value is -0.0600. The fourth-order valence-electron chi connectivity index (χ4n) is 2.14. The molecule has 1 aliphatic heterocycles. The minimum Gasteiger partial charge on any atom is -0.338 e. The summed E-state index contributed by atoms with van der Waals surface area (Å²) in [5.74, 6) is 0.487. The molecule has 1 amide bonds. The highest BCUT2D eigenvalue weighted by Crippen LogP contribution is 2.29. The van der Waals surface area contributed by atoms with E-state index in [1.54, 1.807) is 6.07 Å². The standard InChI is InChI=1S/C13H14Br2ClNO/c1-8-7-17(6-5-10(8)14)13(18)9-3-2-4-11(15)12(9)16/h2-4,8,10H,5-7H2,1H3. The van der Waals surface area contributed by atoms with E-state index in [0.29, 0.717) is 21.3 Å². The zero-order chi connectivity index (χ0) is 13.3. The van der Waals surface area contributed by atoms with Crippen LogP contribution in [0.3, 0.4) is 0 Å². The molecular weight excluding hydrogens is 381 g/mol. The van der Waals surface area contributed by atoms with Gasteiger partial charge in [-0.05, 0) is 40.4 Å². The molecule has 0 aromatic heterocycles. The third-order valence-electron chi connectivity index (χ3n) is 3.27. The van der Waals surface area contributed by atoms with Crippen molar-refractivity contribution in [2.24, 2.45) is 5.92 Å². The lowest BCUT2D eigenvalue weighted by molar-refractivity contribution is 0.0690. The van der Waals surface area contributed by atoms with Crippen LogP contribution in [0.5, 0.6) is 0 Å². The first kappa shape index (κ1) is 14.4. The number of halogens is 3. The molecule has 1 heterocycles. The topological polar surface area (TPSA) is 20.3 Å². The van der Waals surface area contributed by atoms with Gasteiger partial charge in [0.15, 0.2) is 0 Å². The Morgan fingerprint density at radius 3 is 2.89 bits per heavy atom. The van der Waals surface area contributed by atoms with Gasteiger partial charge in [-0.15, -0.1) is 0 Å². The maximum absolute atomic E-state index is 12.4. The van der Waals surface area contributed by atoms with Crippen LogP contribution in [0.2, 0.25) is 5.02 Å². The van der Waals surface area contributed by atoms with E-state index in [4.69, 9.17) is 11.6 Å². The Morgan fingerprint density at radius 1 is 1.50 bits per heavy atom. The number of carbonyl (C=O) groups is 1. The zero-order valence-electron chi connectivity index (χ0n) is 10.00. The Balaban J connectivity index is 2.19. The van der Waals surface area contributed by atoms with Crippen LogP contribution >= 0.6 is 43.5 Å². The molecule has 1 saturated heterocycles. The lowest BCUT2D eigenvalue weighted by atomic mass is 9.99. The Kier molecular flexibility index (Phi) is 4.73. The monoisotopic (exact) mass is 393 g/mol. The maximum atomic E-state index is 12.4. The van der Waals surface area contributed by atoms with Crippen molar-refractivity contribution in [2.45, 2.75) is 18.2 Å². The summed E-state index contributed by atoms with van der Waals surface area (Å²) in [6.45, 7) is 3.71. The average Bonchev–Trinajstić information content (AvgIpc) is 2.35. The molecule has 0 aliphatic carbocycles. The van der Waals surface area contributed by atoms with Crippen molar-refractivity contribution in [3.05, 3.63) is 33.3 Å². The summed E-state index contributed by atoms with van der Waals surface area (Å²) in [6.07, 6.45) is 0.985. The van der Waals surface area contributed by atoms with Gasteiger partial charge in [0.25, 0.3) is 5.91 Å². The van der Waals surface area contributed by atoms with E-state index in [2.05, 4.69) is 38.8 Å². The third-order valence-corrected chi connectivity index (χ3v) is 5.93. The lowest BCUT2D eigenvalue weighted by Crippen LogP contribution is -2.43. The molecule has 98 valence electrons. The number of nitrogens with zero attached hydrogens (tertiary/aromatic N) is 1. The van der Waals surface area contributed by atoms with Crippen molar-refractivity contribution in [3.8, 4) is 0 Å². The van der Waals surface area contributed by atoms with Crippen LogP contribution in [0, 0.1) is 5.92 Å². The summed E-state index contributed by atoms with van der Waals surface area (Å²) in [4.78, 5) is 14.8. The molecule has 0 radical (unpaired) electrons. The van der Waals surface area contributed by atoms with Crippen LogP contribution in [-0.4, -0.2) is 28.7 Å². The number of hydrogen-bond acceptors (Lipinski definition) is 1. The van der Waals surface area contributed by atoms with E-state index in [1.165, 1.54) is 0 Å². The Bertz CT molecular complexity index is 466. The van der Waals surface area contributed by atoms with Crippen molar-refractivity contribution in [3.63, 3.8) is 0 Å². The molecule has 18 heavy (non-hydrogen) atoms. The molecule has 1 fully saturated rings. The van der Waals surface area contributed by atoms with Gasteiger partial charge in [-0.1, -0.05) is 40.5 Å². The summed E-state index contributed by atoms with van der Waals surface area (Å²) >= 11 is 13.2. The van der Waals surface area contributed by atoms with Gasteiger partial charge in [0.05, 0.1) is 10.6 Å². The van der Waals surface area contributed by atoms with E-state index in [-0.39, 0.29) is 5.91 Å². The number of carbonyl (C=O) groups excluding carboxylic acids is 1. The predicted molar refractivity (Wildman–Crippen MR) is 81.6 cm³/mol. The highest BCUT2D eigenvalue weighted by atomic mass is 79.9. The van der Waals surface area contributed by atoms with Crippen molar-refractivity contribution in [2.75, 3.05) is 13.1 Å². The molecule has 2 nitrogen and oxygen atoms in total. The second kappa shape index (κ2) is 5.93. The van der Waals surface area contributed by atoms with Crippen molar-refractivity contribution >= 4 is 49.4 Å². The molecule has 2 unspecified atom stereocenters. The van der Waals surface area contributed by atoms with Gasteiger partial charge in [0, 0.05) is 22.4 Å². The first-order chi connectivity index (χ1) is 8.50. The summed E-state index contributed by atoms with van der Waals surface area (Å²) < 4.78 is 0.762. The highest BCUT2D eigenvalue weighted by molar-refractivity contribution is 9.10. The fourth-order valence-corrected chi connectivity index (χ4v) is 3.09. The van der Waals surface area contributed by atoms with Gasteiger partial charge in [-0.25, -0.2) is 0 Å². The molecule has 1 aromatic carbocycles. The van der Waals surface area contributed by atoms with Crippen molar-refractivity contribution in [1.29, 1.82) is 0 Å². The van der Waals surface area contributed by atoms with Gasteiger partial charge in [-0.2, -0.15) is 0 Å². The highest BCUT2D eigenvalue weighted by Gasteiger charge is 2.28. The quantitative estimate of drug-likeness (QED) is 0.648. The van der Waals surface area contributed by atoms with Crippen LogP contribution in [0.15, 0.2) is 22.7 Å². The van der Waals surface area contributed by atoms with E-state index >= 15 is 0 Å². The number of alkyl halides is 1. The first-order valence-corrected chi connectivity index (χ1v) is 7.96. The summed E-state index contributed by atoms with van der Waals surface area (Å²) in [5, 5.41) is 0.496. The number of amides is 1. The second-order valence-corrected chi connectivity index (χ2v) is 7.04. The molecule has 1 aliphatic rings. The number of rotatable bonds is 1. The van der Waals surface area contributed by atoms with Crippen LogP contribution in [0.4, 0.5) is 0 Å². The van der Waals surface area contributed by atoms with Gasteiger partial charge < -0.3 is 4.90 Å². The maximum Gasteiger partial charge on any atom is 0.255 e. The molecule has 1 aromatic rings. The number of piperidine rings is 1. The zero-order valence-corrected chi connectivity index (χ0v) is 13.9.